The Labute approximate surface area is 118 Å². The Morgan fingerprint density at radius 3 is 2.60 bits per heavy atom. The van der Waals surface area contributed by atoms with Crippen molar-refractivity contribution in [3.63, 3.8) is 0 Å². The van der Waals surface area contributed by atoms with Gasteiger partial charge in [0.05, 0.1) is 0 Å². The zero-order valence-corrected chi connectivity index (χ0v) is 12.0. The summed E-state index contributed by atoms with van der Waals surface area (Å²) < 4.78 is 11.3. The monoisotopic (exact) mass is 272 g/mol. The average Bonchev–Trinajstić information content (AvgIpc) is 2.45. The third kappa shape index (κ3) is 2.43. The molecule has 106 valence electrons. The van der Waals surface area contributed by atoms with Gasteiger partial charge in [0.1, 0.15) is 13.2 Å². The molecule has 0 spiro atoms. The Bertz CT molecular complexity index is 638. The summed E-state index contributed by atoms with van der Waals surface area (Å²) in [5.74, 6) is 1.63. The van der Waals surface area contributed by atoms with E-state index in [0.29, 0.717) is 19.8 Å². The van der Waals surface area contributed by atoms with E-state index in [2.05, 4.69) is 18.8 Å². The molecule has 20 heavy (non-hydrogen) atoms. The summed E-state index contributed by atoms with van der Waals surface area (Å²) in [5.41, 5.74) is 6.94. The lowest BCUT2D eigenvalue weighted by Gasteiger charge is -2.23. The molecule has 1 aromatic heterocycles. The number of fused-ring (bicyclic) bond motifs is 2. The number of hydrogen-bond donors (Lipinski definition) is 1. The highest BCUT2D eigenvalue weighted by molar-refractivity contribution is 5.88. The minimum atomic E-state index is 0.0363. The topological polar surface area (TPSA) is 57.4 Å². The van der Waals surface area contributed by atoms with Gasteiger partial charge >= 0.3 is 0 Å². The second kappa shape index (κ2) is 4.94. The van der Waals surface area contributed by atoms with Gasteiger partial charge in [-0.3, -0.25) is 4.98 Å². The zero-order chi connectivity index (χ0) is 14.2. The second-order valence-corrected chi connectivity index (χ2v) is 6.02. The van der Waals surface area contributed by atoms with Crippen molar-refractivity contribution in [2.75, 3.05) is 19.8 Å². The fraction of sp³-hybridized carbons (Fsp3) is 0.438. The van der Waals surface area contributed by atoms with E-state index < -0.39 is 0 Å². The SMILES string of the molecule is CC(C)(CN)Cc1nccc2cc3c(cc12)OCCO3. The smallest absolute Gasteiger partial charge is 0.162 e. The number of benzene rings is 1. The fourth-order valence-corrected chi connectivity index (χ4v) is 2.44. The van der Waals surface area contributed by atoms with Crippen molar-refractivity contribution in [3.8, 4) is 11.5 Å². The van der Waals surface area contributed by atoms with Crippen molar-refractivity contribution in [3.05, 3.63) is 30.1 Å². The van der Waals surface area contributed by atoms with Crippen molar-refractivity contribution in [1.29, 1.82) is 0 Å². The van der Waals surface area contributed by atoms with Crippen LogP contribution in [0.3, 0.4) is 0 Å². The van der Waals surface area contributed by atoms with Crippen LogP contribution in [0.2, 0.25) is 0 Å². The molecule has 0 unspecified atom stereocenters. The number of pyridine rings is 1. The van der Waals surface area contributed by atoms with E-state index in [4.69, 9.17) is 15.2 Å². The molecule has 4 heteroatoms. The molecule has 0 saturated carbocycles. The molecule has 0 atom stereocenters. The van der Waals surface area contributed by atoms with Crippen molar-refractivity contribution in [1.82, 2.24) is 4.98 Å². The summed E-state index contributed by atoms with van der Waals surface area (Å²) >= 11 is 0. The third-order valence-electron chi connectivity index (χ3n) is 3.71. The van der Waals surface area contributed by atoms with Crippen LogP contribution in [0, 0.1) is 5.41 Å². The zero-order valence-electron chi connectivity index (χ0n) is 12.0. The first kappa shape index (κ1) is 13.2. The van der Waals surface area contributed by atoms with Crippen LogP contribution >= 0.6 is 0 Å². The van der Waals surface area contributed by atoms with Gasteiger partial charge in [0.25, 0.3) is 0 Å². The molecule has 1 aliphatic rings. The minimum Gasteiger partial charge on any atom is -0.486 e. The maximum Gasteiger partial charge on any atom is 0.162 e. The first-order chi connectivity index (χ1) is 9.59. The molecule has 0 radical (unpaired) electrons. The van der Waals surface area contributed by atoms with Gasteiger partial charge in [0.2, 0.25) is 0 Å². The van der Waals surface area contributed by atoms with Crippen molar-refractivity contribution < 1.29 is 9.47 Å². The molecule has 1 aromatic carbocycles. The highest BCUT2D eigenvalue weighted by Crippen LogP contribution is 2.36. The summed E-state index contributed by atoms with van der Waals surface area (Å²) in [5, 5.41) is 2.25. The molecule has 0 saturated heterocycles. The van der Waals surface area contributed by atoms with E-state index in [1.807, 2.05) is 24.4 Å². The van der Waals surface area contributed by atoms with E-state index in [1.54, 1.807) is 0 Å². The number of ether oxygens (including phenoxy) is 2. The largest absolute Gasteiger partial charge is 0.486 e. The highest BCUT2D eigenvalue weighted by atomic mass is 16.6. The second-order valence-electron chi connectivity index (χ2n) is 6.02. The van der Waals surface area contributed by atoms with Gasteiger partial charge in [-0.2, -0.15) is 0 Å². The molecule has 1 aliphatic heterocycles. The van der Waals surface area contributed by atoms with Crippen molar-refractivity contribution in [2.24, 2.45) is 11.1 Å². The Kier molecular flexibility index (Phi) is 3.26. The van der Waals surface area contributed by atoms with Crippen molar-refractivity contribution >= 4 is 10.8 Å². The molecule has 0 fully saturated rings. The molecule has 0 aliphatic carbocycles. The number of aromatic nitrogens is 1. The fourth-order valence-electron chi connectivity index (χ4n) is 2.44. The lowest BCUT2D eigenvalue weighted by atomic mass is 9.86. The van der Waals surface area contributed by atoms with Gasteiger partial charge in [-0.15, -0.1) is 0 Å². The summed E-state index contributed by atoms with van der Waals surface area (Å²) in [6, 6.07) is 6.08. The first-order valence-electron chi connectivity index (χ1n) is 6.96. The molecule has 0 amide bonds. The number of nitrogens with two attached hydrogens (primary N) is 1. The quantitative estimate of drug-likeness (QED) is 0.933. The van der Waals surface area contributed by atoms with Crippen LogP contribution in [0.5, 0.6) is 11.5 Å². The van der Waals surface area contributed by atoms with E-state index in [-0.39, 0.29) is 5.41 Å². The lowest BCUT2D eigenvalue weighted by Crippen LogP contribution is -2.26. The average molecular weight is 272 g/mol. The summed E-state index contributed by atoms with van der Waals surface area (Å²) in [6.45, 7) is 6.16. The number of nitrogens with zero attached hydrogens (tertiary/aromatic N) is 1. The molecular weight excluding hydrogens is 252 g/mol. The summed E-state index contributed by atoms with van der Waals surface area (Å²) in [6.07, 6.45) is 2.70. The van der Waals surface area contributed by atoms with Crippen LogP contribution in [-0.2, 0) is 6.42 Å². The van der Waals surface area contributed by atoms with Crippen LogP contribution < -0.4 is 15.2 Å². The van der Waals surface area contributed by atoms with Crippen molar-refractivity contribution in [2.45, 2.75) is 20.3 Å². The Hall–Kier alpha value is -1.81. The molecule has 3 rings (SSSR count). The molecule has 2 N–H and O–H groups in total. The van der Waals surface area contributed by atoms with Gasteiger partial charge in [0, 0.05) is 17.3 Å². The molecule has 2 heterocycles. The van der Waals surface area contributed by atoms with E-state index >= 15 is 0 Å². The van der Waals surface area contributed by atoms with Crippen LogP contribution in [-0.4, -0.2) is 24.7 Å². The van der Waals surface area contributed by atoms with Crippen LogP contribution in [0.25, 0.3) is 10.8 Å². The Morgan fingerprint density at radius 1 is 1.20 bits per heavy atom. The highest BCUT2D eigenvalue weighted by Gasteiger charge is 2.20. The third-order valence-corrected chi connectivity index (χ3v) is 3.71. The standard InChI is InChI=1S/C16H20N2O2/c1-16(2,10-17)9-13-12-8-15-14(19-5-6-20-15)7-11(12)3-4-18-13/h3-4,7-8H,5-6,9-10,17H2,1-2H3. The van der Waals surface area contributed by atoms with Crippen LogP contribution in [0.1, 0.15) is 19.5 Å². The summed E-state index contributed by atoms with van der Waals surface area (Å²) in [4.78, 5) is 4.54. The predicted molar refractivity (Wildman–Crippen MR) is 79.3 cm³/mol. The summed E-state index contributed by atoms with van der Waals surface area (Å²) in [7, 11) is 0. The van der Waals surface area contributed by atoms with Gasteiger partial charge in [-0.25, -0.2) is 0 Å². The Balaban J connectivity index is 2.09. The normalized spacial score (nSPS) is 14.6. The number of hydrogen-bond acceptors (Lipinski definition) is 4. The molecule has 0 bridgehead atoms. The molecular formula is C16H20N2O2. The van der Waals surface area contributed by atoms with E-state index in [1.165, 1.54) is 0 Å². The molecule has 4 nitrogen and oxygen atoms in total. The lowest BCUT2D eigenvalue weighted by molar-refractivity contribution is 0.172. The van der Waals surface area contributed by atoms with Gasteiger partial charge in [-0.05, 0) is 42.0 Å². The van der Waals surface area contributed by atoms with Crippen LogP contribution in [0.15, 0.2) is 24.4 Å². The minimum absolute atomic E-state index is 0.0363. The van der Waals surface area contributed by atoms with E-state index in [0.717, 1.165) is 34.4 Å². The first-order valence-corrected chi connectivity index (χ1v) is 6.96. The predicted octanol–water partition coefficient (Wildman–Crippen LogP) is 2.53. The number of rotatable bonds is 3. The Morgan fingerprint density at radius 2 is 1.90 bits per heavy atom. The maximum atomic E-state index is 5.84. The van der Waals surface area contributed by atoms with Gasteiger partial charge in [-0.1, -0.05) is 13.8 Å². The maximum absolute atomic E-state index is 5.84. The van der Waals surface area contributed by atoms with E-state index in [9.17, 15) is 0 Å². The van der Waals surface area contributed by atoms with Gasteiger partial charge < -0.3 is 15.2 Å². The van der Waals surface area contributed by atoms with Crippen LogP contribution in [0.4, 0.5) is 0 Å². The molecule has 2 aromatic rings. The van der Waals surface area contributed by atoms with Gasteiger partial charge in [0.15, 0.2) is 11.5 Å².